The lowest BCUT2D eigenvalue weighted by molar-refractivity contribution is -0.125. The molecule has 3 N–H and O–H groups in total. The first-order chi connectivity index (χ1) is 8.08. The minimum atomic E-state index is -0.267. The van der Waals surface area contributed by atoms with E-state index >= 15 is 0 Å². The summed E-state index contributed by atoms with van der Waals surface area (Å²) in [6.07, 6.45) is 0.987. The molecular weight excluding hydrogens is 220 g/mol. The molecule has 0 aromatic rings. The number of nitrogens with zero attached hydrogens (tertiary/aromatic N) is 2. The second-order valence-corrected chi connectivity index (χ2v) is 4.93. The van der Waals surface area contributed by atoms with Gasteiger partial charge in [-0.3, -0.25) is 9.69 Å². The molecule has 0 aromatic heterocycles. The topological polar surface area (TPSA) is 78.7 Å². The Morgan fingerprint density at radius 2 is 2.18 bits per heavy atom. The number of carbonyl (C=O) groups excluding carboxylic acids is 2. The summed E-state index contributed by atoms with van der Waals surface area (Å²) in [6.45, 7) is 5.41. The summed E-state index contributed by atoms with van der Waals surface area (Å²) >= 11 is 0. The molecule has 17 heavy (non-hydrogen) atoms. The Bertz CT molecular complexity index is 305. The van der Waals surface area contributed by atoms with Crippen LogP contribution in [0.1, 0.15) is 13.3 Å². The van der Waals surface area contributed by atoms with Crippen molar-refractivity contribution in [3.8, 4) is 0 Å². The number of likely N-dealkylation sites (tertiary alicyclic amines) is 1. The minimum absolute atomic E-state index is 0.128. The van der Waals surface area contributed by atoms with E-state index in [0.29, 0.717) is 12.5 Å². The second-order valence-electron chi connectivity index (χ2n) is 4.93. The Hall–Kier alpha value is -1.14. The molecule has 2 saturated heterocycles. The number of carbonyl (C=O) groups is 2. The molecule has 6 nitrogen and oxygen atoms in total. The summed E-state index contributed by atoms with van der Waals surface area (Å²) in [4.78, 5) is 26.3. The van der Waals surface area contributed by atoms with Crippen LogP contribution in [0.5, 0.6) is 0 Å². The largest absolute Gasteiger partial charge is 0.329 e. The van der Waals surface area contributed by atoms with Crippen LogP contribution in [-0.4, -0.2) is 60.5 Å². The van der Waals surface area contributed by atoms with Gasteiger partial charge in [0.2, 0.25) is 5.91 Å². The molecule has 2 unspecified atom stereocenters. The summed E-state index contributed by atoms with van der Waals surface area (Å²) < 4.78 is 0. The quantitative estimate of drug-likeness (QED) is 0.634. The van der Waals surface area contributed by atoms with Gasteiger partial charge in [-0.1, -0.05) is 6.92 Å². The van der Waals surface area contributed by atoms with E-state index in [0.717, 1.165) is 26.1 Å². The highest BCUT2D eigenvalue weighted by atomic mass is 16.2. The van der Waals surface area contributed by atoms with Gasteiger partial charge in [0, 0.05) is 25.7 Å². The Balaban J connectivity index is 1.79. The lowest BCUT2D eigenvalue weighted by Gasteiger charge is -2.35. The van der Waals surface area contributed by atoms with E-state index in [1.807, 2.05) is 0 Å². The van der Waals surface area contributed by atoms with Crippen LogP contribution >= 0.6 is 0 Å². The van der Waals surface area contributed by atoms with Gasteiger partial charge in [-0.2, -0.15) is 0 Å². The Labute approximate surface area is 101 Å². The average Bonchev–Trinajstić information content (AvgIpc) is 2.61. The van der Waals surface area contributed by atoms with Gasteiger partial charge in [-0.15, -0.1) is 0 Å². The average molecular weight is 240 g/mol. The van der Waals surface area contributed by atoms with E-state index in [2.05, 4.69) is 17.1 Å². The highest BCUT2D eigenvalue weighted by Crippen LogP contribution is 2.14. The fraction of sp³-hybridized carbons (Fsp3) is 0.818. The van der Waals surface area contributed by atoms with Crippen LogP contribution in [0.25, 0.3) is 0 Å². The third kappa shape index (κ3) is 2.76. The molecule has 2 heterocycles. The fourth-order valence-electron chi connectivity index (χ4n) is 2.38. The third-order valence-corrected chi connectivity index (χ3v) is 3.63. The second kappa shape index (κ2) is 5.01. The number of urea groups is 1. The van der Waals surface area contributed by atoms with Crippen molar-refractivity contribution in [3.05, 3.63) is 0 Å². The molecule has 3 amide bonds. The van der Waals surface area contributed by atoms with Gasteiger partial charge in [-0.05, 0) is 18.9 Å². The van der Waals surface area contributed by atoms with E-state index in [4.69, 9.17) is 5.73 Å². The van der Waals surface area contributed by atoms with Gasteiger partial charge in [0.15, 0.2) is 0 Å². The standard InChI is InChI=1S/C11H20N4O2/c1-8-7-14(3-2-9(8)12)4-5-15-10(16)6-13-11(15)17/h8-9H,2-7,12H2,1H3,(H,13,17). The van der Waals surface area contributed by atoms with Crippen LogP contribution in [0.2, 0.25) is 0 Å². The summed E-state index contributed by atoms with van der Waals surface area (Å²) in [5.74, 6) is 0.351. The van der Waals surface area contributed by atoms with Crippen LogP contribution in [0, 0.1) is 5.92 Å². The maximum absolute atomic E-state index is 11.4. The van der Waals surface area contributed by atoms with Crippen LogP contribution in [-0.2, 0) is 4.79 Å². The van der Waals surface area contributed by atoms with Crippen LogP contribution in [0.3, 0.4) is 0 Å². The molecule has 96 valence electrons. The van der Waals surface area contributed by atoms with E-state index in [9.17, 15) is 9.59 Å². The van der Waals surface area contributed by atoms with Crippen molar-refractivity contribution in [3.63, 3.8) is 0 Å². The Kier molecular flexibility index (Phi) is 3.63. The molecule has 2 aliphatic heterocycles. The molecule has 2 aliphatic rings. The molecule has 2 atom stereocenters. The van der Waals surface area contributed by atoms with Crippen molar-refractivity contribution in [2.75, 3.05) is 32.7 Å². The zero-order valence-electron chi connectivity index (χ0n) is 10.2. The van der Waals surface area contributed by atoms with Crippen molar-refractivity contribution in [1.29, 1.82) is 0 Å². The Morgan fingerprint density at radius 1 is 1.41 bits per heavy atom. The molecule has 2 rings (SSSR count). The molecule has 2 fully saturated rings. The van der Waals surface area contributed by atoms with Gasteiger partial charge in [0.1, 0.15) is 0 Å². The summed E-state index contributed by atoms with van der Waals surface area (Å²) in [5.41, 5.74) is 5.95. The number of nitrogens with two attached hydrogens (primary N) is 1. The van der Waals surface area contributed by atoms with Crippen molar-refractivity contribution >= 4 is 11.9 Å². The maximum Gasteiger partial charge on any atom is 0.324 e. The molecular formula is C11H20N4O2. The SMILES string of the molecule is CC1CN(CCN2C(=O)CNC2=O)CCC1N. The van der Waals surface area contributed by atoms with Gasteiger partial charge in [0.05, 0.1) is 6.54 Å². The lowest BCUT2D eigenvalue weighted by Crippen LogP contribution is -2.48. The normalized spacial score (nSPS) is 30.8. The zero-order chi connectivity index (χ0) is 12.4. The number of hydrogen-bond acceptors (Lipinski definition) is 4. The first-order valence-corrected chi connectivity index (χ1v) is 6.14. The number of rotatable bonds is 3. The number of nitrogens with one attached hydrogen (secondary N) is 1. The van der Waals surface area contributed by atoms with E-state index < -0.39 is 0 Å². The van der Waals surface area contributed by atoms with Crippen molar-refractivity contribution < 1.29 is 9.59 Å². The number of amides is 3. The predicted octanol–water partition coefficient (Wildman–Crippen LogP) is -0.793. The first-order valence-electron chi connectivity index (χ1n) is 6.14. The zero-order valence-corrected chi connectivity index (χ0v) is 10.2. The molecule has 0 saturated carbocycles. The Morgan fingerprint density at radius 3 is 2.76 bits per heavy atom. The summed E-state index contributed by atoms with van der Waals surface area (Å²) in [7, 11) is 0. The van der Waals surface area contributed by atoms with E-state index in [1.165, 1.54) is 4.90 Å². The third-order valence-electron chi connectivity index (χ3n) is 3.63. The molecule has 0 spiro atoms. The van der Waals surface area contributed by atoms with E-state index in [-0.39, 0.29) is 24.5 Å². The van der Waals surface area contributed by atoms with E-state index in [1.54, 1.807) is 0 Å². The molecule has 0 bridgehead atoms. The number of piperidine rings is 1. The number of imide groups is 1. The van der Waals surface area contributed by atoms with Crippen molar-refractivity contribution in [1.82, 2.24) is 15.1 Å². The van der Waals surface area contributed by atoms with Gasteiger partial charge >= 0.3 is 6.03 Å². The number of hydrogen-bond donors (Lipinski definition) is 2. The predicted molar refractivity (Wildman–Crippen MR) is 63.3 cm³/mol. The molecule has 0 aromatic carbocycles. The van der Waals surface area contributed by atoms with Crippen LogP contribution in [0.4, 0.5) is 4.79 Å². The van der Waals surface area contributed by atoms with Crippen LogP contribution in [0.15, 0.2) is 0 Å². The minimum Gasteiger partial charge on any atom is -0.329 e. The molecule has 0 aliphatic carbocycles. The van der Waals surface area contributed by atoms with Crippen LogP contribution < -0.4 is 11.1 Å². The van der Waals surface area contributed by atoms with Gasteiger partial charge < -0.3 is 16.0 Å². The summed E-state index contributed by atoms with van der Waals surface area (Å²) in [6, 6.07) is 0.0136. The highest BCUT2D eigenvalue weighted by molar-refractivity contribution is 6.01. The molecule has 6 heteroatoms. The van der Waals surface area contributed by atoms with Gasteiger partial charge in [0.25, 0.3) is 0 Å². The van der Waals surface area contributed by atoms with Gasteiger partial charge in [-0.25, -0.2) is 4.79 Å². The maximum atomic E-state index is 11.4. The molecule has 0 radical (unpaired) electrons. The van der Waals surface area contributed by atoms with Crippen molar-refractivity contribution in [2.45, 2.75) is 19.4 Å². The summed E-state index contributed by atoms with van der Waals surface area (Å²) in [5, 5.41) is 2.52. The lowest BCUT2D eigenvalue weighted by atomic mass is 9.95. The van der Waals surface area contributed by atoms with Crippen molar-refractivity contribution in [2.24, 2.45) is 11.7 Å². The first kappa shape index (κ1) is 12.3. The smallest absolute Gasteiger partial charge is 0.324 e. The fourth-order valence-corrected chi connectivity index (χ4v) is 2.38. The monoisotopic (exact) mass is 240 g/mol. The highest BCUT2D eigenvalue weighted by Gasteiger charge is 2.29.